The maximum atomic E-state index is 13.4. The summed E-state index contributed by atoms with van der Waals surface area (Å²) in [7, 11) is 1.57. The molecule has 0 spiro atoms. The number of primary amides is 4. The van der Waals surface area contributed by atoms with Crippen LogP contribution in [0.25, 0.3) is 88.1 Å². The Hall–Kier alpha value is -14.8. The minimum absolute atomic E-state index is 0.0226. The predicted molar refractivity (Wildman–Crippen MR) is 419 cm³/mol. The summed E-state index contributed by atoms with van der Waals surface area (Å²) < 4.78 is 53.2. The molecule has 0 bridgehead atoms. The molecule has 9 N–H and O–H groups in total. The number of rotatable bonds is 16. The highest BCUT2D eigenvalue weighted by Gasteiger charge is 2.38. The van der Waals surface area contributed by atoms with Gasteiger partial charge in [0.2, 0.25) is 29.5 Å². The molecule has 0 unspecified atom stereocenters. The summed E-state index contributed by atoms with van der Waals surface area (Å²) in [5, 5.41) is 5.43. The lowest BCUT2D eigenvalue weighted by Crippen LogP contribution is -2.45. The number of urea groups is 2. The largest absolute Gasteiger partial charge is 0.364 e. The van der Waals surface area contributed by atoms with Crippen molar-refractivity contribution in [1.82, 2.24) is 49.8 Å². The van der Waals surface area contributed by atoms with Gasteiger partial charge in [-0.25, -0.2) is 47.1 Å². The third-order valence-corrected chi connectivity index (χ3v) is 19.7. The lowest BCUT2D eigenvalue weighted by atomic mass is 9.81. The molecule has 4 fully saturated rings. The highest BCUT2D eigenvalue weighted by molar-refractivity contribution is 6.07. The van der Waals surface area contributed by atoms with Crippen LogP contribution in [0.15, 0.2) is 194 Å². The topological polar surface area (TPSA) is 389 Å². The summed E-state index contributed by atoms with van der Waals surface area (Å²) in [6.45, 7) is 4.32. The van der Waals surface area contributed by atoms with E-state index in [9.17, 15) is 75.1 Å². The molecule has 4 aromatic heterocycles. The number of halogens is 4. The summed E-state index contributed by atoms with van der Waals surface area (Å²) >= 11 is 0. The first-order valence-electron chi connectivity index (χ1n) is 36.1. The normalized spacial score (nSPS) is 14.6. The molecule has 0 saturated carbocycles. The Bertz CT molecular complexity index is 5880. The van der Waals surface area contributed by atoms with Crippen molar-refractivity contribution in [3.63, 3.8) is 0 Å². The number of benzene rings is 8. The van der Waals surface area contributed by atoms with E-state index in [0.717, 1.165) is 32.0 Å². The molecule has 0 atom stereocenters. The molecule has 116 heavy (non-hydrogen) atoms. The molecule has 0 aliphatic carbocycles. The number of pyridine rings is 4. The Morgan fingerprint density at radius 2 is 0.638 bits per heavy atom. The van der Waals surface area contributed by atoms with Crippen LogP contribution < -0.4 is 28.3 Å². The Morgan fingerprint density at radius 3 is 0.897 bits per heavy atom. The van der Waals surface area contributed by atoms with E-state index in [1.807, 2.05) is 32.0 Å². The summed E-state index contributed by atoms with van der Waals surface area (Å²) in [5.41, 5.74) is 32.1. The molecule has 26 nitrogen and oxygen atoms in total. The monoisotopic (exact) mass is 1570 g/mol. The van der Waals surface area contributed by atoms with Gasteiger partial charge in [-0.2, -0.15) is 0 Å². The fourth-order valence-electron chi connectivity index (χ4n) is 13.8. The van der Waals surface area contributed by atoms with Crippen molar-refractivity contribution in [3.8, 4) is 44.5 Å². The average Bonchev–Trinajstić information content (AvgIpc) is 0.858. The van der Waals surface area contributed by atoms with Gasteiger partial charge in [-0.3, -0.25) is 67.5 Å². The zero-order valence-electron chi connectivity index (χ0n) is 62.3. The maximum Gasteiger partial charge on any atom is 0.327 e. The number of fused-ring (bicyclic) bond motifs is 4. The zero-order chi connectivity index (χ0) is 82.7. The Morgan fingerprint density at radius 1 is 0.362 bits per heavy atom. The standard InChI is InChI=1S/C24H22FN3O3.C21H17FN4O3.C21H16FN3O3.C20H15FN4O3/c1-24(2)11-21(29)28(22(30)12-24)13-14-3-8-17-18(15-4-6-16(25)7-5-15)10-20(23(26)31)27-19(17)9-14;1-25-11-19(27)26(21(25)29)10-12-2-7-15-16(13-3-5-14(22)6-4-13)9-18(20(23)28)24-17(15)8-12;22-14-4-2-13(3-5-14)16-10-18(21(23)28)24-17-9-12(1-6-15(16)17)11-25-19(26)7-8-20(25)27;21-13-4-2-12(3-5-13)15-8-17(19(22)27)24-16-7-11(1-6-14(15)16)10-25-18(26)9-23-20(25)28/h3-10H,11-13H2,1-2H3,(H2,26,31);2-9H,10-11H2,1H3,(H2,23,28);1-6,9-10H,7-8,11H2,(H2,23,28);1-8H,9-10H2,(H2,22,27)(H,23,28). The maximum absolute atomic E-state index is 13.4. The van der Waals surface area contributed by atoms with Crippen molar-refractivity contribution in [3.05, 3.63) is 262 Å². The van der Waals surface area contributed by atoms with Gasteiger partial charge in [-0.15, -0.1) is 0 Å². The third-order valence-electron chi connectivity index (χ3n) is 19.7. The molecular weight excluding hydrogens is 1500 g/mol. The van der Waals surface area contributed by atoms with E-state index in [2.05, 4.69) is 25.3 Å². The molecular formula is C86H70F4N14O12. The number of likely N-dealkylation sites (tertiary alicyclic amines) is 2. The molecule has 584 valence electrons. The number of nitrogens with one attached hydrogen (secondary N) is 1. The molecule has 12 aromatic rings. The first kappa shape index (κ1) is 79.3. The number of piperidine rings is 1. The van der Waals surface area contributed by atoms with Gasteiger partial charge in [-0.05, 0) is 169 Å². The van der Waals surface area contributed by atoms with Crippen LogP contribution in [0.3, 0.4) is 0 Å². The molecule has 4 aliphatic rings. The first-order valence-corrected chi connectivity index (χ1v) is 36.1. The van der Waals surface area contributed by atoms with Crippen LogP contribution in [0.5, 0.6) is 0 Å². The quantitative estimate of drug-likeness (QED) is 0.0341. The second kappa shape index (κ2) is 32.8. The van der Waals surface area contributed by atoms with Gasteiger partial charge in [0.05, 0.1) is 54.8 Å². The predicted octanol–water partition coefficient (Wildman–Crippen LogP) is 11.3. The number of nitrogens with two attached hydrogens (primary N) is 4. The lowest BCUT2D eigenvalue weighted by Gasteiger charge is -2.34. The number of aromatic nitrogens is 4. The van der Waals surface area contributed by atoms with Crippen LogP contribution in [-0.4, -0.2) is 136 Å². The average molecular weight is 1570 g/mol. The second-order valence-corrected chi connectivity index (χ2v) is 28.6. The van der Waals surface area contributed by atoms with E-state index in [4.69, 9.17) is 22.9 Å². The molecule has 0 radical (unpaired) electrons. The van der Waals surface area contributed by atoms with Gasteiger partial charge in [0, 0.05) is 54.3 Å². The third kappa shape index (κ3) is 17.6. The molecule has 8 aromatic carbocycles. The summed E-state index contributed by atoms with van der Waals surface area (Å²) in [5.74, 6) is -5.58. The molecule has 16 rings (SSSR count). The number of imide groups is 4. The van der Waals surface area contributed by atoms with E-state index in [1.165, 1.54) is 68.1 Å². The van der Waals surface area contributed by atoms with Crippen LogP contribution in [0.4, 0.5) is 27.2 Å². The van der Waals surface area contributed by atoms with Crippen LogP contribution in [0.2, 0.25) is 0 Å². The molecule has 30 heteroatoms. The van der Waals surface area contributed by atoms with Gasteiger partial charge in [-0.1, -0.05) is 111 Å². The number of hydrogen-bond donors (Lipinski definition) is 5. The molecule has 14 amide bonds. The van der Waals surface area contributed by atoms with E-state index in [0.29, 0.717) is 96.1 Å². The van der Waals surface area contributed by atoms with E-state index in [1.54, 1.807) is 134 Å². The first-order chi connectivity index (χ1) is 55.3. The fourth-order valence-corrected chi connectivity index (χ4v) is 13.8. The van der Waals surface area contributed by atoms with Crippen LogP contribution in [0.1, 0.15) is 104 Å². The SMILES string of the molecule is CC1(C)CC(=O)N(Cc2ccc3c(-c4ccc(F)cc4)cc(C(N)=O)nc3c2)C(=O)C1.CN1CC(=O)N(Cc2ccc3c(-c4ccc(F)cc4)cc(C(N)=O)nc3c2)C1=O.NC(=O)c1cc(-c2ccc(F)cc2)c2ccc(CN3C(=O)CCC3=O)cc2n1.NC(=O)c1cc(-c2ccc(F)cc2)c2ccc(CN3C(=O)CNC3=O)cc2n1. The van der Waals surface area contributed by atoms with Crippen LogP contribution in [0, 0.1) is 28.7 Å². The van der Waals surface area contributed by atoms with Crippen molar-refractivity contribution in [2.75, 3.05) is 20.1 Å². The number of amides is 14. The van der Waals surface area contributed by atoms with Gasteiger partial charge in [0.15, 0.2) is 0 Å². The Labute approximate surface area is 657 Å². The number of carbonyl (C=O) groups excluding carboxylic acids is 12. The van der Waals surface area contributed by atoms with Gasteiger partial charge < -0.3 is 33.2 Å². The summed E-state index contributed by atoms with van der Waals surface area (Å²) in [6, 6.07) is 50.4. The van der Waals surface area contributed by atoms with Crippen molar-refractivity contribution in [1.29, 1.82) is 0 Å². The van der Waals surface area contributed by atoms with Gasteiger partial charge in [0.25, 0.3) is 29.5 Å². The van der Waals surface area contributed by atoms with Crippen molar-refractivity contribution in [2.45, 2.75) is 65.7 Å². The highest BCUT2D eigenvalue weighted by Crippen LogP contribution is 2.37. The summed E-state index contributed by atoms with van der Waals surface area (Å²) in [4.78, 5) is 167. The highest BCUT2D eigenvalue weighted by atomic mass is 19.1. The van der Waals surface area contributed by atoms with Gasteiger partial charge in [0.1, 0.15) is 52.6 Å². The van der Waals surface area contributed by atoms with Crippen molar-refractivity contribution in [2.24, 2.45) is 28.3 Å². The number of likely N-dealkylation sites (N-methyl/N-ethyl adjacent to an activating group) is 1. The van der Waals surface area contributed by atoms with Crippen LogP contribution >= 0.6 is 0 Å². The number of nitrogens with zero attached hydrogens (tertiary/aromatic N) is 9. The summed E-state index contributed by atoms with van der Waals surface area (Å²) in [6.07, 6.45) is 1.08. The van der Waals surface area contributed by atoms with Gasteiger partial charge >= 0.3 is 12.1 Å². The van der Waals surface area contributed by atoms with Crippen molar-refractivity contribution < 1.29 is 75.1 Å². The molecule has 8 heterocycles. The minimum atomic E-state index is -0.690. The zero-order valence-corrected chi connectivity index (χ0v) is 62.3. The van der Waals surface area contributed by atoms with Crippen molar-refractivity contribution >= 4 is 115 Å². The van der Waals surface area contributed by atoms with Crippen LogP contribution in [-0.2, 0) is 54.9 Å². The molecule has 4 saturated heterocycles. The number of carbonyl (C=O) groups is 12. The second-order valence-electron chi connectivity index (χ2n) is 28.6. The Balaban J connectivity index is 0.000000135. The Kier molecular flexibility index (Phi) is 22.4. The fraction of sp³-hybridized carbons (Fsp3) is 0.163. The van der Waals surface area contributed by atoms with E-state index >= 15 is 0 Å². The number of hydrogen-bond acceptors (Lipinski definition) is 16. The van der Waals surface area contributed by atoms with E-state index < -0.39 is 29.7 Å². The van der Waals surface area contributed by atoms with E-state index in [-0.39, 0.29) is 145 Å². The lowest BCUT2D eigenvalue weighted by molar-refractivity contribution is -0.153. The smallest absolute Gasteiger partial charge is 0.327 e. The molecule has 4 aliphatic heterocycles. The minimum Gasteiger partial charge on any atom is -0.364 e.